The Hall–Kier alpha value is -3.21. The van der Waals surface area contributed by atoms with Crippen LogP contribution in [0.4, 0.5) is 5.69 Å². The number of aromatic carboxylic acids is 1. The normalized spacial score (nSPS) is 10.5. The molecule has 3 aromatic rings. The second kappa shape index (κ2) is 5.29. The summed E-state index contributed by atoms with van der Waals surface area (Å²) >= 11 is 0. The number of carboxylic acids is 1. The first-order valence-corrected chi connectivity index (χ1v) is 6.57. The Bertz CT molecular complexity index is 885. The quantitative estimate of drug-likeness (QED) is 0.582. The first-order valence-electron chi connectivity index (χ1n) is 6.57. The monoisotopic (exact) mass is 293 g/mol. The van der Waals surface area contributed by atoms with Gasteiger partial charge in [0.05, 0.1) is 10.5 Å². The Kier molecular flexibility index (Phi) is 3.31. The number of nitro groups is 1. The molecule has 0 radical (unpaired) electrons. The van der Waals surface area contributed by atoms with E-state index in [-0.39, 0.29) is 11.3 Å². The second-order valence-corrected chi connectivity index (χ2v) is 4.85. The topological polar surface area (TPSA) is 80.4 Å². The molecule has 0 aliphatic rings. The summed E-state index contributed by atoms with van der Waals surface area (Å²) in [4.78, 5) is 21.6. The molecular weight excluding hydrogens is 282 g/mol. The van der Waals surface area contributed by atoms with Crippen molar-refractivity contribution in [2.75, 3.05) is 0 Å². The van der Waals surface area contributed by atoms with Gasteiger partial charge in [-0.2, -0.15) is 0 Å². The van der Waals surface area contributed by atoms with Gasteiger partial charge in [-0.3, -0.25) is 10.1 Å². The number of hydrogen-bond donors (Lipinski definition) is 1. The molecule has 3 aromatic carbocycles. The van der Waals surface area contributed by atoms with E-state index in [4.69, 9.17) is 0 Å². The fraction of sp³-hybridized carbons (Fsp3) is 0. The van der Waals surface area contributed by atoms with Crippen LogP contribution in [0.2, 0.25) is 0 Å². The lowest BCUT2D eigenvalue weighted by Gasteiger charge is -2.09. The zero-order valence-electron chi connectivity index (χ0n) is 11.4. The smallest absolute Gasteiger partial charge is 0.335 e. The number of non-ortho nitro benzene ring substituents is 1. The largest absolute Gasteiger partial charge is 0.478 e. The van der Waals surface area contributed by atoms with Crippen molar-refractivity contribution in [2.24, 2.45) is 0 Å². The Labute approximate surface area is 125 Å². The van der Waals surface area contributed by atoms with Gasteiger partial charge in [0.1, 0.15) is 0 Å². The van der Waals surface area contributed by atoms with Crippen LogP contribution in [0.3, 0.4) is 0 Å². The van der Waals surface area contributed by atoms with Crippen molar-refractivity contribution < 1.29 is 14.8 Å². The van der Waals surface area contributed by atoms with Gasteiger partial charge in [-0.1, -0.05) is 24.3 Å². The van der Waals surface area contributed by atoms with Gasteiger partial charge < -0.3 is 5.11 Å². The molecule has 5 heteroatoms. The molecule has 0 bridgehead atoms. The van der Waals surface area contributed by atoms with Crippen molar-refractivity contribution in [3.63, 3.8) is 0 Å². The molecule has 0 aliphatic heterocycles. The maximum absolute atomic E-state index is 11.3. The van der Waals surface area contributed by atoms with E-state index in [1.54, 1.807) is 24.3 Å². The molecule has 0 atom stereocenters. The van der Waals surface area contributed by atoms with Gasteiger partial charge in [-0.25, -0.2) is 4.79 Å². The first-order chi connectivity index (χ1) is 10.6. The highest BCUT2D eigenvalue weighted by atomic mass is 16.6. The molecule has 0 amide bonds. The average Bonchev–Trinajstić information content (AvgIpc) is 2.53. The van der Waals surface area contributed by atoms with Crippen LogP contribution in [0.5, 0.6) is 0 Å². The number of nitrogens with zero attached hydrogens (tertiary/aromatic N) is 1. The number of carbonyl (C=O) groups is 1. The van der Waals surface area contributed by atoms with Crippen LogP contribution in [0, 0.1) is 10.1 Å². The lowest BCUT2D eigenvalue weighted by Crippen LogP contribution is -1.97. The lowest BCUT2D eigenvalue weighted by atomic mass is 9.95. The van der Waals surface area contributed by atoms with Crippen LogP contribution >= 0.6 is 0 Å². The number of carboxylic acid groups (broad SMARTS) is 1. The van der Waals surface area contributed by atoms with Crippen LogP contribution in [0.15, 0.2) is 60.7 Å². The standard InChI is InChI=1S/C17H11NO4/c19-17(20)13-9-12-3-1-2-4-15(12)16(10-13)11-5-7-14(8-6-11)18(21)22/h1-10H,(H,19,20). The van der Waals surface area contributed by atoms with E-state index in [0.717, 1.165) is 21.9 Å². The number of nitro benzene ring substituents is 1. The highest BCUT2D eigenvalue weighted by Crippen LogP contribution is 2.31. The van der Waals surface area contributed by atoms with Crippen molar-refractivity contribution in [2.45, 2.75) is 0 Å². The molecular formula is C17H11NO4. The van der Waals surface area contributed by atoms with Crippen LogP contribution in [0.1, 0.15) is 10.4 Å². The fourth-order valence-electron chi connectivity index (χ4n) is 2.44. The molecule has 0 unspecified atom stereocenters. The van der Waals surface area contributed by atoms with Gasteiger partial charge in [0, 0.05) is 12.1 Å². The summed E-state index contributed by atoms with van der Waals surface area (Å²) < 4.78 is 0. The Balaban J connectivity index is 2.24. The third-order valence-corrected chi connectivity index (χ3v) is 3.50. The van der Waals surface area contributed by atoms with Gasteiger partial charge in [-0.15, -0.1) is 0 Å². The van der Waals surface area contributed by atoms with Gasteiger partial charge in [0.15, 0.2) is 0 Å². The zero-order valence-corrected chi connectivity index (χ0v) is 11.4. The maximum atomic E-state index is 11.3. The number of rotatable bonds is 3. The Morgan fingerprint density at radius 1 is 1.00 bits per heavy atom. The highest BCUT2D eigenvalue weighted by Gasteiger charge is 2.12. The minimum Gasteiger partial charge on any atom is -0.478 e. The van der Waals surface area contributed by atoms with E-state index in [1.165, 1.54) is 12.1 Å². The SMILES string of the molecule is O=C(O)c1cc(-c2ccc([N+](=O)[O-])cc2)c2ccccc2c1. The van der Waals surface area contributed by atoms with Gasteiger partial charge >= 0.3 is 5.97 Å². The van der Waals surface area contributed by atoms with Crippen LogP contribution in [-0.2, 0) is 0 Å². The molecule has 0 saturated carbocycles. The summed E-state index contributed by atoms with van der Waals surface area (Å²) in [7, 11) is 0. The summed E-state index contributed by atoms with van der Waals surface area (Å²) in [5.41, 5.74) is 1.67. The summed E-state index contributed by atoms with van der Waals surface area (Å²) in [6.45, 7) is 0. The van der Waals surface area contributed by atoms with E-state index >= 15 is 0 Å². The number of benzene rings is 3. The minimum absolute atomic E-state index is 0.00226. The molecule has 0 fully saturated rings. The summed E-state index contributed by atoms with van der Waals surface area (Å²) in [5, 5.41) is 21.7. The van der Waals surface area contributed by atoms with Gasteiger partial charge in [0.2, 0.25) is 0 Å². The molecule has 0 heterocycles. The molecule has 0 aromatic heterocycles. The predicted octanol–water partition coefficient (Wildman–Crippen LogP) is 4.11. The highest BCUT2D eigenvalue weighted by molar-refractivity contribution is 6.02. The third kappa shape index (κ3) is 2.40. The molecule has 22 heavy (non-hydrogen) atoms. The average molecular weight is 293 g/mol. The van der Waals surface area contributed by atoms with E-state index < -0.39 is 10.9 Å². The Morgan fingerprint density at radius 2 is 1.68 bits per heavy atom. The summed E-state index contributed by atoms with van der Waals surface area (Å²) in [6.07, 6.45) is 0. The zero-order chi connectivity index (χ0) is 15.7. The number of hydrogen-bond acceptors (Lipinski definition) is 3. The van der Waals surface area contributed by atoms with Crippen LogP contribution in [0.25, 0.3) is 21.9 Å². The van der Waals surface area contributed by atoms with Crippen molar-refractivity contribution in [3.05, 3.63) is 76.3 Å². The molecule has 0 spiro atoms. The van der Waals surface area contributed by atoms with Crippen LogP contribution in [-0.4, -0.2) is 16.0 Å². The van der Waals surface area contributed by atoms with Crippen LogP contribution < -0.4 is 0 Å². The van der Waals surface area contributed by atoms with E-state index in [1.807, 2.05) is 24.3 Å². The van der Waals surface area contributed by atoms with Crippen molar-refractivity contribution in [3.8, 4) is 11.1 Å². The summed E-state index contributed by atoms with van der Waals surface area (Å²) in [6, 6.07) is 16.8. The van der Waals surface area contributed by atoms with Crippen molar-refractivity contribution in [1.29, 1.82) is 0 Å². The van der Waals surface area contributed by atoms with Crippen molar-refractivity contribution in [1.82, 2.24) is 0 Å². The second-order valence-electron chi connectivity index (χ2n) is 4.85. The van der Waals surface area contributed by atoms with E-state index in [9.17, 15) is 20.0 Å². The molecule has 0 saturated heterocycles. The molecule has 108 valence electrons. The fourth-order valence-corrected chi connectivity index (χ4v) is 2.44. The maximum Gasteiger partial charge on any atom is 0.335 e. The molecule has 1 N–H and O–H groups in total. The van der Waals surface area contributed by atoms with Gasteiger partial charge in [-0.05, 0) is 46.2 Å². The summed E-state index contributed by atoms with van der Waals surface area (Å²) in [5.74, 6) is -1.01. The van der Waals surface area contributed by atoms with E-state index in [0.29, 0.717) is 0 Å². The molecule has 0 aliphatic carbocycles. The third-order valence-electron chi connectivity index (χ3n) is 3.50. The Morgan fingerprint density at radius 3 is 2.32 bits per heavy atom. The first kappa shape index (κ1) is 13.8. The molecule has 3 rings (SSSR count). The minimum atomic E-state index is -1.01. The number of fused-ring (bicyclic) bond motifs is 1. The van der Waals surface area contributed by atoms with Crippen molar-refractivity contribution >= 4 is 22.4 Å². The van der Waals surface area contributed by atoms with Gasteiger partial charge in [0.25, 0.3) is 5.69 Å². The predicted molar refractivity (Wildman–Crippen MR) is 83.0 cm³/mol. The van der Waals surface area contributed by atoms with E-state index in [2.05, 4.69) is 0 Å². The lowest BCUT2D eigenvalue weighted by molar-refractivity contribution is -0.384. The molecule has 5 nitrogen and oxygen atoms in total.